The highest BCUT2D eigenvalue weighted by Crippen LogP contribution is 2.30. The molecule has 0 aliphatic heterocycles. The molecule has 0 aliphatic rings. The topological polar surface area (TPSA) is 63.7 Å². The van der Waals surface area contributed by atoms with Gasteiger partial charge in [-0.25, -0.2) is 4.98 Å². The molecule has 0 saturated heterocycles. The molecular formula is C12H11F3N4. The highest BCUT2D eigenvalue weighted by atomic mass is 19.4. The van der Waals surface area contributed by atoms with Crippen LogP contribution in [0.3, 0.4) is 0 Å². The van der Waals surface area contributed by atoms with Gasteiger partial charge in [-0.15, -0.1) is 0 Å². The van der Waals surface area contributed by atoms with Crippen LogP contribution in [0.1, 0.15) is 24.6 Å². The number of alkyl halides is 3. The maximum atomic E-state index is 12.6. The molecule has 0 radical (unpaired) electrons. The Kier molecular flexibility index (Phi) is 4.34. The van der Waals surface area contributed by atoms with Crippen LogP contribution in [0.15, 0.2) is 12.1 Å². The minimum absolute atomic E-state index is 0.0419. The first kappa shape index (κ1) is 14.8. The Morgan fingerprint density at radius 2 is 2.00 bits per heavy atom. The number of nitrogens with zero attached hydrogens (tertiary/aromatic N) is 4. The molecule has 0 saturated carbocycles. The zero-order valence-corrected chi connectivity index (χ0v) is 10.4. The first-order valence-electron chi connectivity index (χ1n) is 5.39. The van der Waals surface area contributed by atoms with Crippen molar-refractivity contribution >= 4 is 5.82 Å². The molecule has 0 fully saturated rings. The second-order valence-electron chi connectivity index (χ2n) is 4.00. The molecule has 1 unspecified atom stereocenters. The first-order valence-corrected chi connectivity index (χ1v) is 5.39. The first-order chi connectivity index (χ1) is 8.81. The van der Waals surface area contributed by atoms with Gasteiger partial charge in [-0.1, -0.05) is 0 Å². The van der Waals surface area contributed by atoms with E-state index in [1.165, 1.54) is 11.9 Å². The van der Waals surface area contributed by atoms with Gasteiger partial charge < -0.3 is 4.90 Å². The molecule has 100 valence electrons. The molecule has 0 spiro atoms. The average Bonchev–Trinajstić information content (AvgIpc) is 2.36. The van der Waals surface area contributed by atoms with E-state index in [-0.39, 0.29) is 23.8 Å². The number of halogens is 3. The lowest BCUT2D eigenvalue weighted by molar-refractivity contribution is -0.141. The lowest BCUT2D eigenvalue weighted by Gasteiger charge is -2.25. The third-order valence-corrected chi connectivity index (χ3v) is 2.67. The molecule has 1 rings (SSSR count). The van der Waals surface area contributed by atoms with Gasteiger partial charge in [-0.3, -0.25) is 0 Å². The van der Waals surface area contributed by atoms with Crippen LogP contribution >= 0.6 is 0 Å². The lowest BCUT2D eigenvalue weighted by atomic mass is 10.2. The van der Waals surface area contributed by atoms with Gasteiger partial charge in [0, 0.05) is 13.1 Å². The minimum atomic E-state index is -4.57. The van der Waals surface area contributed by atoms with Gasteiger partial charge >= 0.3 is 6.18 Å². The molecule has 1 atom stereocenters. The van der Waals surface area contributed by atoms with Crippen LogP contribution in [-0.4, -0.2) is 18.1 Å². The molecular weight excluding hydrogens is 257 g/mol. The van der Waals surface area contributed by atoms with Crippen LogP contribution in [0.4, 0.5) is 19.0 Å². The third-order valence-electron chi connectivity index (χ3n) is 2.67. The number of nitriles is 2. The molecule has 0 bridgehead atoms. The Hall–Kier alpha value is -2.28. The van der Waals surface area contributed by atoms with Gasteiger partial charge in [0.25, 0.3) is 0 Å². The smallest absolute Gasteiger partial charge is 0.355 e. The van der Waals surface area contributed by atoms with E-state index in [1.807, 2.05) is 6.07 Å². The Bertz CT molecular complexity index is 539. The van der Waals surface area contributed by atoms with Crippen molar-refractivity contribution in [1.29, 1.82) is 10.5 Å². The van der Waals surface area contributed by atoms with Crippen molar-refractivity contribution in [3.05, 3.63) is 23.4 Å². The second-order valence-corrected chi connectivity index (χ2v) is 4.00. The number of rotatable bonds is 3. The molecule has 0 amide bonds. The number of hydrogen-bond donors (Lipinski definition) is 0. The fourth-order valence-electron chi connectivity index (χ4n) is 1.44. The third kappa shape index (κ3) is 3.35. The van der Waals surface area contributed by atoms with Gasteiger partial charge in [0.05, 0.1) is 18.1 Å². The molecule has 1 aromatic heterocycles. The van der Waals surface area contributed by atoms with Gasteiger partial charge in [0.2, 0.25) is 0 Å². The van der Waals surface area contributed by atoms with E-state index in [1.54, 1.807) is 13.0 Å². The number of aromatic nitrogens is 1. The maximum absolute atomic E-state index is 12.6. The van der Waals surface area contributed by atoms with Gasteiger partial charge in [0.1, 0.15) is 17.6 Å². The summed E-state index contributed by atoms with van der Waals surface area (Å²) >= 11 is 0. The zero-order chi connectivity index (χ0) is 14.6. The molecule has 0 N–H and O–H groups in total. The summed E-state index contributed by atoms with van der Waals surface area (Å²) in [5, 5.41) is 17.5. The van der Waals surface area contributed by atoms with Gasteiger partial charge in [-0.05, 0) is 19.1 Å². The van der Waals surface area contributed by atoms with Gasteiger partial charge in [-0.2, -0.15) is 23.7 Å². The van der Waals surface area contributed by atoms with Crippen LogP contribution in [0.25, 0.3) is 0 Å². The van der Waals surface area contributed by atoms with Crippen LogP contribution in [0, 0.1) is 22.7 Å². The second kappa shape index (κ2) is 5.57. The maximum Gasteiger partial charge on any atom is 0.433 e. The summed E-state index contributed by atoms with van der Waals surface area (Å²) < 4.78 is 37.8. The summed E-state index contributed by atoms with van der Waals surface area (Å²) in [5.74, 6) is -0.0694. The Labute approximate surface area is 108 Å². The zero-order valence-electron chi connectivity index (χ0n) is 10.4. The van der Waals surface area contributed by atoms with E-state index in [2.05, 4.69) is 4.98 Å². The summed E-state index contributed by atoms with van der Waals surface area (Å²) in [4.78, 5) is 4.89. The van der Waals surface area contributed by atoms with E-state index in [4.69, 9.17) is 10.5 Å². The van der Waals surface area contributed by atoms with E-state index >= 15 is 0 Å². The minimum Gasteiger partial charge on any atom is -0.355 e. The quantitative estimate of drug-likeness (QED) is 0.845. The van der Waals surface area contributed by atoms with Crippen LogP contribution in [0.5, 0.6) is 0 Å². The molecule has 19 heavy (non-hydrogen) atoms. The molecule has 1 heterocycles. The SMILES string of the molecule is CC(CC#N)N(C)c1nc(C(F)(F)F)ccc1C#N. The van der Waals surface area contributed by atoms with Crippen LogP contribution < -0.4 is 4.90 Å². The molecule has 0 aromatic carbocycles. The highest BCUT2D eigenvalue weighted by molar-refractivity contribution is 5.54. The number of pyridine rings is 1. The molecule has 4 nitrogen and oxygen atoms in total. The van der Waals surface area contributed by atoms with E-state index < -0.39 is 11.9 Å². The van der Waals surface area contributed by atoms with Crippen molar-refractivity contribution in [1.82, 2.24) is 4.98 Å². The van der Waals surface area contributed by atoms with E-state index in [9.17, 15) is 13.2 Å². The van der Waals surface area contributed by atoms with E-state index in [0.29, 0.717) is 0 Å². The van der Waals surface area contributed by atoms with Crippen LogP contribution in [-0.2, 0) is 6.18 Å². The summed E-state index contributed by atoms with van der Waals surface area (Å²) in [5.41, 5.74) is -1.02. The van der Waals surface area contributed by atoms with Crippen molar-refractivity contribution < 1.29 is 13.2 Å². The van der Waals surface area contributed by atoms with Crippen molar-refractivity contribution in [2.24, 2.45) is 0 Å². The fraction of sp³-hybridized carbons (Fsp3) is 0.417. The standard InChI is InChI=1S/C12H11F3N4/c1-8(5-6-16)19(2)11-9(7-17)3-4-10(18-11)12(13,14)15/h3-4,8H,5H2,1-2H3. The Balaban J connectivity index is 3.25. The number of hydrogen-bond acceptors (Lipinski definition) is 4. The van der Waals surface area contributed by atoms with Crippen molar-refractivity contribution in [3.63, 3.8) is 0 Å². The number of anilines is 1. The lowest BCUT2D eigenvalue weighted by Crippen LogP contribution is -2.30. The largest absolute Gasteiger partial charge is 0.433 e. The van der Waals surface area contributed by atoms with Crippen molar-refractivity contribution in [3.8, 4) is 12.1 Å². The average molecular weight is 268 g/mol. The highest BCUT2D eigenvalue weighted by Gasteiger charge is 2.33. The predicted octanol–water partition coefficient (Wildman–Crippen LogP) is 2.71. The van der Waals surface area contributed by atoms with Crippen LogP contribution in [0.2, 0.25) is 0 Å². The van der Waals surface area contributed by atoms with Crippen molar-refractivity contribution in [2.45, 2.75) is 25.6 Å². The monoisotopic (exact) mass is 268 g/mol. The summed E-state index contributed by atoms with van der Waals surface area (Å²) in [7, 11) is 1.51. The molecule has 1 aromatic rings. The summed E-state index contributed by atoms with van der Waals surface area (Å²) in [6.45, 7) is 1.67. The van der Waals surface area contributed by atoms with Gasteiger partial charge in [0.15, 0.2) is 0 Å². The van der Waals surface area contributed by atoms with E-state index in [0.717, 1.165) is 12.1 Å². The fourth-order valence-corrected chi connectivity index (χ4v) is 1.44. The molecule has 0 aliphatic carbocycles. The predicted molar refractivity (Wildman–Crippen MR) is 62.0 cm³/mol. The Morgan fingerprint density at radius 1 is 1.37 bits per heavy atom. The molecule has 7 heteroatoms. The summed E-state index contributed by atoms with van der Waals surface area (Å²) in [6, 6.07) is 5.24. The Morgan fingerprint density at radius 3 is 2.47 bits per heavy atom. The summed E-state index contributed by atoms with van der Waals surface area (Å²) in [6.07, 6.45) is -4.44. The normalized spacial score (nSPS) is 12.4. The van der Waals surface area contributed by atoms with Crippen molar-refractivity contribution in [2.75, 3.05) is 11.9 Å².